The van der Waals surface area contributed by atoms with Crippen LogP contribution in [-0.2, 0) is 0 Å². The van der Waals surface area contributed by atoms with Gasteiger partial charge in [-0.3, -0.25) is 0 Å². The molecule has 0 fully saturated rings. The van der Waals surface area contributed by atoms with Crippen LogP contribution in [0, 0.1) is 0 Å². The lowest BCUT2D eigenvalue weighted by molar-refractivity contribution is 0.620. The van der Waals surface area contributed by atoms with Gasteiger partial charge in [-0.1, -0.05) is 109 Å². The fraction of sp³-hybridized carbons (Fsp3) is 0. The number of nitrogens with zero attached hydrogens (tertiary/aromatic N) is 3. The molecule has 0 radical (unpaired) electrons. The summed E-state index contributed by atoms with van der Waals surface area (Å²) in [5.74, 6) is 0.579. The zero-order valence-electron chi connectivity index (χ0n) is 30.2. The van der Waals surface area contributed by atoms with Gasteiger partial charge in [0.05, 0.1) is 5.69 Å². The quantitative estimate of drug-likeness (QED) is 0.164. The molecule has 9 aromatic carbocycles. The zero-order chi connectivity index (χ0) is 37.0. The van der Waals surface area contributed by atoms with E-state index in [1.807, 2.05) is 42.5 Å². The van der Waals surface area contributed by atoms with Crippen LogP contribution in [0.1, 0.15) is 0 Å². The van der Waals surface area contributed by atoms with E-state index in [2.05, 4.69) is 168 Å². The molecule has 11 rings (SSSR count). The van der Waals surface area contributed by atoms with Crippen LogP contribution in [0.3, 0.4) is 0 Å². The minimum atomic E-state index is 0.579. The number of oxazole rings is 1. The van der Waals surface area contributed by atoms with Gasteiger partial charge in [0, 0.05) is 50.2 Å². The van der Waals surface area contributed by atoms with Gasteiger partial charge >= 0.3 is 0 Å². The lowest BCUT2D eigenvalue weighted by Gasteiger charge is -2.28. The van der Waals surface area contributed by atoms with Crippen molar-refractivity contribution in [2.24, 2.45) is 0 Å². The molecule has 264 valence electrons. The molecule has 5 heteroatoms. The number of hydrogen-bond acceptors (Lipinski definition) is 5. The van der Waals surface area contributed by atoms with Crippen molar-refractivity contribution < 1.29 is 8.83 Å². The van der Waals surface area contributed by atoms with Crippen molar-refractivity contribution in [2.45, 2.75) is 0 Å². The first-order chi connectivity index (χ1) is 27.7. The minimum Gasteiger partial charge on any atom is -0.456 e. The van der Waals surface area contributed by atoms with E-state index in [0.717, 1.165) is 83.3 Å². The number of fused-ring (bicyclic) bond motifs is 6. The van der Waals surface area contributed by atoms with Gasteiger partial charge in [0.25, 0.3) is 0 Å². The van der Waals surface area contributed by atoms with Crippen molar-refractivity contribution in [1.29, 1.82) is 0 Å². The maximum atomic E-state index is 6.68. The second-order valence-electron chi connectivity index (χ2n) is 14.0. The number of rotatable bonds is 7. The first kappa shape index (κ1) is 31.9. The highest BCUT2D eigenvalue weighted by atomic mass is 16.3. The van der Waals surface area contributed by atoms with E-state index in [1.165, 1.54) is 5.39 Å². The van der Waals surface area contributed by atoms with Crippen LogP contribution in [-0.4, -0.2) is 4.98 Å². The molecule has 0 aliphatic carbocycles. The normalized spacial score (nSPS) is 11.6. The van der Waals surface area contributed by atoms with Crippen LogP contribution in [0.4, 0.5) is 34.1 Å². The molecule has 11 aromatic rings. The number of anilines is 6. The molecule has 56 heavy (non-hydrogen) atoms. The summed E-state index contributed by atoms with van der Waals surface area (Å²) in [6.07, 6.45) is 0. The lowest BCUT2D eigenvalue weighted by atomic mass is 10.0. The van der Waals surface area contributed by atoms with E-state index in [1.54, 1.807) is 0 Å². The van der Waals surface area contributed by atoms with E-state index in [-0.39, 0.29) is 0 Å². The lowest BCUT2D eigenvalue weighted by Crippen LogP contribution is -2.12. The van der Waals surface area contributed by atoms with Crippen molar-refractivity contribution in [3.05, 3.63) is 200 Å². The third kappa shape index (κ3) is 5.37. The molecule has 0 spiro atoms. The largest absolute Gasteiger partial charge is 0.456 e. The zero-order valence-corrected chi connectivity index (χ0v) is 30.2. The summed E-state index contributed by atoms with van der Waals surface area (Å²) in [4.78, 5) is 9.87. The van der Waals surface area contributed by atoms with Gasteiger partial charge in [-0.05, 0) is 107 Å². The van der Waals surface area contributed by atoms with Crippen LogP contribution in [0.5, 0.6) is 0 Å². The number of hydrogen-bond donors (Lipinski definition) is 0. The summed E-state index contributed by atoms with van der Waals surface area (Å²) >= 11 is 0. The highest BCUT2D eigenvalue weighted by Gasteiger charge is 2.24. The van der Waals surface area contributed by atoms with Crippen molar-refractivity contribution >= 4 is 88.7 Å². The third-order valence-corrected chi connectivity index (χ3v) is 10.6. The summed E-state index contributed by atoms with van der Waals surface area (Å²) in [6, 6.07) is 69.8. The highest BCUT2D eigenvalue weighted by molar-refractivity contribution is 6.13. The first-order valence-electron chi connectivity index (χ1n) is 18.8. The molecule has 0 aliphatic heterocycles. The Bertz CT molecular complexity index is 3210. The van der Waals surface area contributed by atoms with Crippen molar-refractivity contribution in [3.63, 3.8) is 0 Å². The first-order valence-corrected chi connectivity index (χ1v) is 18.8. The summed E-state index contributed by atoms with van der Waals surface area (Å²) in [7, 11) is 0. The number of aromatic nitrogens is 1. The van der Waals surface area contributed by atoms with Gasteiger partial charge < -0.3 is 18.6 Å². The summed E-state index contributed by atoms with van der Waals surface area (Å²) in [6.45, 7) is 0. The Labute approximate surface area is 322 Å². The number of benzene rings is 9. The summed E-state index contributed by atoms with van der Waals surface area (Å²) in [5, 5.41) is 6.60. The molecule has 2 aromatic heterocycles. The molecule has 0 atom stereocenters. The molecule has 0 aliphatic rings. The number of furan rings is 1. The van der Waals surface area contributed by atoms with Crippen molar-refractivity contribution in [1.82, 2.24) is 4.98 Å². The van der Waals surface area contributed by atoms with Gasteiger partial charge in [0.15, 0.2) is 5.58 Å². The van der Waals surface area contributed by atoms with Crippen LogP contribution < -0.4 is 9.80 Å². The Morgan fingerprint density at radius 1 is 0.339 bits per heavy atom. The molecule has 0 bridgehead atoms. The van der Waals surface area contributed by atoms with E-state index < -0.39 is 0 Å². The Morgan fingerprint density at radius 3 is 1.73 bits per heavy atom. The van der Waals surface area contributed by atoms with Gasteiger partial charge in [-0.15, -0.1) is 0 Å². The highest BCUT2D eigenvalue weighted by Crippen LogP contribution is 2.47. The number of para-hydroxylation sites is 3. The molecule has 0 amide bonds. The van der Waals surface area contributed by atoms with Crippen LogP contribution in [0.25, 0.3) is 66.0 Å². The van der Waals surface area contributed by atoms with E-state index >= 15 is 0 Å². The molecule has 5 nitrogen and oxygen atoms in total. The minimum absolute atomic E-state index is 0.579. The van der Waals surface area contributed by atoms with Gasteiger partial charge in [-0.2, -0.15) is 0 Å². The van der Waals surface area contributed by atoms with Crippen LogP contribution in [0.2, 0.25) is 0 Å². The van der Waals surface area contributed by atoms with E-state index in [9.17, 15) is 0 Å². The molecule has 0 N–H and O–H groups in total. The van der Waals surface area contributed by atoms with Gasteiger partial charge in [0.2, 0.25) is 5.89 Å². The third-order valence-electron chi connectivity index (χ3n) is 10.6. The van der Waals surface area contributed by atoms with Gasteiger partial charge in [-0.25, -0.2) is 4.98 Å². The predicted molar refractivity (Wildman–Crippen MR) is 231 cm³/mol. The molecule has 0 saturated heterocycles. The topological polar surface area (TPSA) is 45.7 Å². The monoisotopic (exact) mass is 719 g/mol. The fourth-order valence-electron chi connectivity index (χ4n) is 8.00. The molecular formula is C51H33N3O2. The predicted octanol–water partition coefficient (Wildman–Crippen LogP) is 14.6. The average molecular weight is 720 g/mol. The Balaban J connectivity index is 1.17. The van der Waals surface area contributed by atoms with E-state index in [4.69, 9.17) is 13.8 Å². The molecule has 0 saturated carbocycles. The summed E-state index contributed by atoms with van der Waals surface area (Å²) < 4.78 is 12.9. The van der Waals surface area contributed by atoms with Crippen molar-refractivity contribution in [3.8, 4) is 11.5 Å². The van der Waals surface area contributed by atoms with Crippen molar-refractivity contribution in [2.75, 3.05) is 9.80 Å². The second kappa shape index (κ2) is 13.0. The maximum absolute atomic E-state index is 6.68. The Hall–Kier alpha value is -7.63. The SMILES string of the molecule is c1ccc(-c2nc3c(N(c4ccccc4)c4ccc5ccccc5c4)c4ccc(N(c5ccccc5)c5ccc6oc7ccccc7c6c5)cc4cc3o2)cc1. The Morgan fingerprint density at radius 2 is 0.929 bits per heavy atom. The smallest absolute Gasteiger partial charge is 0.227 e. The average Bonchev–Trinajstić information content (AvgIpc) is 3.86. The maximum Gasteiger partial charge on any atom is 0.227 e. The van der Waals surface area contributed by atoms with E-state index in [0.29, 0.717) is 11.5 Å². The Kier molecular flexibility index (Phi) is 7.42. The molecule has 2 heterocycles. The molecule has 0 unspecified atom stereocenters. The molecular weight excluding hydrogens is 687 g/mol. The standard InChI is InChI=1S/C51H33N3O2/c1-4-15-35(16-5-1)51-52-49-48(56-51)32-37-31-40(53(38-18-6-2-7-19-38)42-27-29-47-45(33-42)44-22-12-13-23-46(44)55-47)26-28-43(37)50(49)54(39-20-8-3-9-21-39)41-25-24-34-14-10-11-17-36(34)30-41/h1-33H. The van der Waals surface area contributed by atoms with Gasteiger partial charge in [0.1, 0.15) is 16.7 Å². The fourth-order valence-corrected chi connectivity index (χ4v) is 8.00. The van der Waals surface area contributed by atoms with Crippen LogP contribution >= 0.6 is 0 Å². The summed E-state index contributed by atoms with van der Waals surface area (Å²) in [5.41, 5.74) is 10.3. The van der Waals surface area contributed by atoms with Crippen LogP contribution in [0.15, 0.2) is 209 Å². The second-order valence-corrected chi connectivity index (χ2v) is 14.0.